The van der Waals surface area contributed by atoms with Crippen LogP contribution in [0.4, 0.5) is 0 Å². The molecule has 0 spiro atoms. The molecule has 0 aliphatic carbocycles. The fourth-order valence-electron chi connectivity index (χ4n) is 5.34. The smallest absolute Gasteiger partial charge is 0.351 e. The van der Waals surface area contributed by atoms with Crippen molar-refractivity contribution in [2.45, 2.75) is 89.8 Å². The third kappa shape index (κ3) is 10.6. The first-order chi connectivity index (χ1) is 21.4. The molecule has 3 aromatic rings. The van der Waals surface area contributed by atoms with Crippen LogP contribution in [0, 0.1) is 24.0 Å². The highest BCUT2D eigenvalue weighted by atomic mass is 16.9. The fourth-order valence-corrected chi connectivity index (χ4v) is 5.34. The summed E-state index contributed by atoms with van der Waals surface area (Å²) in [5, 5.41) is 9.42. The Balaban J connectivity index is 1.60. The van der Waals surface area contributed by atoms with Gasteiger partial charge in [0.25, 0.3) is 5.09 Å². The van der Waals surface area contributed by atoms with Crippen LogP contribution < -0.4 is 4.74 Å². The van der Waals surface area contributed by atoms with Crippen molar-refractivity contribution in [1.82, 2.24) is 9.97 Å². The van der Waals surface area contributed by atoms with E-state index in [1.807, 2.05) is 80.6 Å². The van der Waals surface area contributed by atoms with Gasteiger partial charge in [-0.1, -0.05) is 112 Å². The van der Waals surface area contributed by atoms with E-state index in [2.05, 4.69) is 14.8 Å². The lowest BCUT2D eigenvalue weighted by Crippen LogP contribution is -2.51. The predicted octanol–water partition coefficient (Wildman–Crippen LogP) is 7.08. The largest absolute Gasteiger partial charge is 0.463 e. The number of carbonyl (C=O) groups is 1. The second-order valence-corrected chi connectivity index (χ2v) is 10.9. The van der Waals surface area contributed by atoms with E-state index in [-0.39, 0.29) is 19.2 Å². The predicted molar refractivity (Wildman–Crippen MR) is 167 cm³/mol. The van der Waals surface area contributed by atoms with Crippen LogP contribution in [-0.4, -0.2) is 47.5 Å². The molecule has 10 heteroatoms. The van der Waals surface area contributed by atoms with Crippen molar-refractivity contribution >= 4 is 5.97 Å². The van der Waals surface area contributed by atoms with E-state index >= 15 is 0 Å². The summed E-state index contributed by atoms with van der Waals surface area (Å²) in [6.07, 6.45) is 8.76. The summed E-state index contributed by atoms with van der Waals surface area (Å²) in [4.78, 5) is 37.2. The molecule has 0 radical (unpaired) electrons. The highest BCUT2D eigenvalue weighted by molar-refractivity contribution is 5.78. The van der Waals surface area contributed by atoms with E-state index in [1.54, 1.807) is 7.11 Å². The lowest BCUT2D eigenvalue weighted by molar-refractivity contribution is -0.757. The fraction of sp³-hybridized carbons (Fsp3) is 0.500. The van der Waals surface area contributed by atoms with E-state index in [4.69, 9.17) is 14.2 Å². The average Bonchev–Trinajstić information content (AvgIpc) is 3.01. The number of rotatable bonds is 21. The van der Waals surface area contributed by atoms with E-state index in [1.165, 1.54) is 0 Å². The molecule has 0 N–H and O–H groups in total. The van der Waals surface area contributed by atoms with Gasteiger partial charge in [-0.3, -0.25) is 0 Å². The molecule has 238 valence electrons. The Kier molecular flexibility index (Phi) is 14.5. The van der Waals surface area contributed by atoms with E-state index in [0.29, 0.717) is 6.42 Å². The molecule has 0 saturated carbocycles. The van der Waals surface area contributed by atoms with E-state index in [9.17, 15) is 14.9 Å². The third-order valence-electron chi connectivity index (χ3n) is 7.48. The number of esters is 1. The van der Waals surface area contributed by atoms with Crippen LogP contribution in [0.1, 0.15) is 86.7 Å². The topological polar surface area (TPSA) is 123 Å². The minimum absolute atomic E-state index is 0.0858. The van der Waals surface area contributed by atoms with Crippen LogP contribution in [-0.2, 0) is 24.7 Å². The summed E-state index contributed by atoms with van der Waals surface area (Å²) in [7, 11) is 1.57. The van der Waals surface area contributed by atoms with Gasteiger partial charge in [-0.15, -0.1) is 10.1 Å². The molecular weight excluding hydrogens is 562 g/mol. The number of unbranched alkanes of at least 4 members (excludes halogenated alkanes) is 9. The van der Waals surface area contributed by atoms with Gasteiger partial charge in [0, 0.05) is 18.5 Å². The van der Waals surface area contributed by atoms with Crippen molar-refractivity contribution < 1.29 is 28.9 Å². The van der Waals surface area contributed by atoms with Crippen LogP contribution in [0.3, 0.4) is 0 Å². The van der Waals surface area contributed by atoms with Gasteiger partial charge in [-0.25, -0.2) is 14.8 Å². The van der Waals surface area contributed by atoms with Gasteiger partial charge in [0.1, 0.15) is 0 Å². The van der Waals surface area contributed by atoms with Crippen molar-refractivity contribution in [2.24, 2.45) is 0 Å². The molecule has 0 unspecified atom stereocenters. The molecular formula is C34H45N3O7. The maximum absolute atomic E-state index is 13.9. The first-order valence-electron chi connectivity index (χ1n) is 15.5. The Hall–Kier alpha value is -4.05. The van der Waals surface area contributed by atoms with Crippen molar-refractivity contribution in [3.05, 3.63) is 99.4 Å². The summed E-state index contributed by atoms with van der Waals surface area (Å²) in [6, 6.07) is 21.0. The number of aryl methyl sites for hydroxylation is 2. The molecule has 0 saturated heterocycles. The van der Waals surface area contributed by atoms with Crippen LogP contribution in [0.5, 0.6) is 6.01 Å². The number of nitrogens with zero attached hydrogens (tertiary/aromatic N) is 3. The Labute approximate surface area is 260 Å². The number of benzene rings is 2. The summed E-state index contributed by atoms with van der Waals surface area (Å²) in [6.45, 7) is 4.15. The summed E-state index contributed by atoms with van der Waals surface area (Å²) >= 11 is 0. The Bertz CT molecular complexity index is 1210. The van der Waals surface area contributed by atoms with Gasteiger partial charge >= 0.3 is 12.0 Å². The minimum Gasteiger partial charge on any atom is -0.463 e. The van der Waals surface area contributed by atoms with Gasteiger partial charge in [0.2, 0.25) is 6.10 Å². The number of ether oxygens (including phenoxy) is 3. The van der Waals surface area contributed by atoms with Gasteiger partial charge in [-0.2, -0.15) is 0 Å². The van der Waals surface area contributed by atoms with Crippen molar-refractivity contribution in [3.8, 4) is 6.01 Å². The average molecular weight is 608 g/mol. The van der Waals surface area contributed by atoms with Crippen molar-refractivity contribution in [2.75, 3.05) is 20.3 Å². The summed E-state index contributed by atoms with van der Waals surface area (Å²) < 4.78 is 18.4. The molecule has 2 aromatic carbocycles. The van der Waals surface area contributed by atoms with Crippen molar-refractivity contribution in [3.63, 3.8) is 0 Å². The molecule has 1 heterocycles. The maximum Gasteiger partial charge on any atom is 0.351 e. The minimum atomic E-state index is -1.32. The molecule has 10 nitrogen and oxygen atoms in total. The number of carbonyl (C=O) groups excluding carboxylic acids is 1. The molecule has 0 fully saturated rings. The number of hydrogen-bond donors (Lipinski definition) is 0. The Morgan fingerprint density at radius 1 is 0.773 bits per heavy atom. The first-order valence-corrected chi connectivity index (χ1v) is 15.5. The molecule has 0 aliphatic rings. The Morgan fingerprint density at radius 2 is 1.23 bits per heavy atom. The Morgan fingerprint density at radius 3 is 1.68 bits per heavy atom. The normalized spacial score (nSPS) is 12.0. The lowest BCUT2D eigenvalue weighted by Gasteiger charge is -2.38. The van der Waals surface area contributed by atoms with E-state index in [0.717, 1.165) is 80.3 Å². The second kappa shape index (κ2) is 18.6. The van der Waals surface area contributed by atoms with Gasteiger partial charge in [0.15, 0.2) is 5.60 Å². The molecule has 3 rings (SSSR count). The van der Waals surface area contributed by atoms with Crippen molar-refractivity contribution in [1.29, 1.82) is 0 Å². The maximum atomic E-state index is 13.9. The first kappa shape index (κ1) is 34.4. The molecule has 44 heavy (non-hydrogen) atoms. The number of methoxy groups -OCH3 is 1. The van der Waals surface area contributed by atoms with Crippen LogP contribution >= 0.6 is 0 Å². The lowest BCUT2D eigenvalue weighted by atomic mass is 9.81. The zero-order valence-corrected chi connectivity index (χ0v) is 26.1. The van der Waals surface area contributed by atoms with Crippen LogP contribution in [0.15, 0.2) is 66.7 Å². The third-order valence-corrected chi connectivity index (χ3v) is 7.48. The molecule has 1 atom stereocenters. The molecule has 1 aromatic heterocycles. The highest BCUT2D eigenvalue weighted by Crippen LogP contribution is 2.39. The number of hydrogen-bond acceptors (Lipinski definition) is 9. The second-order valence-electron chi connectivity index (χ2n) is 10.9. The van der Waals surface area contributed by atoms with Gasteiger partial charge < -0.3 is 19.0 Å². The molecule has 0 aliphatic heterocycles. The van der Waals surface area contributed by atoms with E-state index < -0.39 is 22.8 Å². The quantitative estimate of drug-likeness (QED) is 0.0541. The zero-order chi connectivity index (χ0) is 31.6. The summed E-state index contributed by atoms with van der Waals surface area (Å²) in [5.74, 6) is -0.550. The standard InChI is InChI=1S/C34H45N3O7/c1-27-26-28(2)36-33(35-27)44-31(34(41-3,29-20-14-12-15-21-29)30-22-16-13-17-23-30)32(38)42-24-18-10-8-6-4-5-7-9-11-19-25-43-37(39)40/h12-17,20-23,26,31H,4-11,18-19,24-25H2,1-3H3/t31-/m1/s1. The molecule has 0 bridgehead atoms. The van der Waals surface area contributed by atoms with Crippen LogP contribution in [0.2, 0.25) is 0 Å². The molecule has 0 amide bonds. The highest BCUT2D eigenvalue weighted by Gasteiger charge is 2.50. The monoisotopic (exact) mass is 607 g/mol. The zero-order valence-electron chi connectivity index (χ0n) is 26.1. The van der Waals surface area contributed by atoms with Crippen LogP contribution in [0.25, 0.3) is 0 Å². The van der Waals surface area contributed by atoms with Gasteiger partial charge in [0.05, 0.1) is 13.2 Å². The summed E-state index contributed by atoms with van der Waals surface area (Å²) in [5.41, 5.74) is 1.61. The van der Waals surface area contributed by atoms with Gasteiger partial charge in [-0.05, 0) is 43.9 Å². The number of aromatic nitrogens is 2. The SMILES string of the molecule is COC(c1ccccc1)(c1ccccc1)[C@H](Oc1nc(C)cc(C)n1)C(=O)OCCCCCCCCCCCCO[N+](=O)[O-].